The zero-order valence-electron chi connectivity index (χ0n) is 13.6. The lowest BCUT2D eigenvalue weighted by atomic mass is 9.96. The van der Waals surface area contributed by atoms with Crippen LogP contribution in [0.4, 0.5) is 29.2 Å². The lowest BCUT2D eigenvalue weighted by molar-refractivity contribution is -0.140. The van der Waals surface area contributed by atoms with Crippen LogP contribution in [0.2, 0.25) is 0 Å². The van der Waals surface area contributed by atoms with Crippen LogP contribution in [0.3, 0.4) is 0 Å². The van der Waals surface area contributed by atoms with Crippen molar-refractivity contribution in [2.75, 3.05) is 23.3 Å². The number of carbonyl (C=O) groups is 1. The van der Waals surface area contributed by atoms with Crippen LogP contribution in [0, 0.1) is 11.7 Å². The number of benzene rings is 1. The van der Waals surface area contributed by atoms with E-state index in [0.717, 1.165) is 6.07 Å². The van der Waals surface area contributed by atoms with Crippen molar-refractivity contribution in [3.63, 3.8) is 0 Å². The molecule has 9 heteroatoms. The summed E-state index contributed by atoms with van der Waals surface area (Å²) < 4.78 is 51.6. The van der Waals surface area contributed by atoms with E-state index in [1.54, 1.807) is 18.5 Å². The lowest BCUT2D eigenvalue weighted by Crippen LogP contribution is -2.39. The Hall–Kier alpha value is -2.71. The van der Waals surface area contributed by atoms with E-state index in [0.29, 0.717) is 44.0 Å². The van der Waals surface area contributed by atoms with Crippen molar-refractivity contribution in [2.24, 2.45) is 5.92 Å². The number of hydrogen-bond donors (Lipinski definition) is 1. The SMILES string of the molecule is O=C(Nc1ccc(F)c(C(F)(F)F)c1)C1CCN(c2ncccn2)CC1. The van der Waals surface area contributed by atoms with Crippen molar-refractivity contribution in [3.8, 4) is 0 Å². The molecule has 1 aliphatic rings. The van der Waals surface area contributed by atoms with E-state index in [4.69, 9.17) is 0 Å². The molecule has 0 bridgehead atoms. The molecule has 1 N–H and O–H groups in total. The number of aromatic nitrogens is 2. The average Bonchev–Trinajstić information content (AvgIpc) is 2.63. The maximum Gasteiger partial charge on any atom is 0.419 e. The van der Waals surface area contributed by atoms with E-state index in [9.17, 15) is 22.4 Å². The van der Waals surface area contributed by atoms with Gasteiger partial charge < -0.3 is 10.2 Å². The van der Waals surface area contributed by atoms with Crippen molar-refractivity contribution in [2.45, 2.75) is 19.0 Å². The Kier molecular flexibility index (Phi) is 5.06. The second-order valence-corrected chi connectivity index (χ2v) is 5.99. The second-order valence-electron chi connectivity index (χ2n) is 5.99. The van der Waals surface area contributed by atoms with Crippen LogP contribution in [-0.2, 0) is 11.0 Å². The molecule has 0 aliphatic carbocycles. The highest BCUT2D eigenvalue weighted by Crippen LogP contribution is 2.33. The van der Waals surface area contributed by atoms with Crippen molar-refractivity contribution in [1.82, 2.24) is 9.97 Å². The molecule has 1 amide bonds. The van der Waals surface area contributed by atoms with Gasteiger partial charge >= 0.3 is 6.18 Å². The highest BCUT2D eigenvalue weighted by molar-refractivity contribution is 5.92. The molecule has 1 aromatic heterocycles. The van der Waals surface area contributed by atoms with E-state index in [1.807, 2.05) is 4.90 Å². The van der Waals surface area contributed by atoms with Gasteiger partial charge in [-0.3, -0.25) is 4.79 Å². The van der Waals surface area contributed by atoms with Gasteiger partial charge in [0.15, 0.2) is 0 Å². The van der Waals surface area contributed by atoms with Crippen LogP contribution in [-0.4, -0.2) is 29.0 Å². The minimum Gasteiger partial charge on any atom is -0.341 e. The van der Waals surface area contributed by atoms with Gasteiger partial charge in [0.1, 0.15) is 5.82 Å². The monoisotopic (exact) mass is 368 g/mol. The number of nitrogens with zero attached hydrogens (tertiary/aromatic N) is 3. The molecule has 2 aromatic rings. The number of piperidine rings is 1. The number of amides is 1. The summed E-state index contributed by atoms with van der Waals surface area (Å²) in [6.45, 7) is 1.14. The first-order valence-corrected chi connectivity index (χ1v) is 8.04. The number of halogens is 4. The van der Waals surface area contributed by atoms with Gasteiger partial charge in [-0.1, -0.05) is 0 Å². The fourth-order valence-corrected chi connectivity index (χ4v) is 2.86. The van der Waals surface area contributed by atoms with E-state index in [1.165, 1.54) is 0 Å². The molecule has 3 rings (SSSR count). The van der Waals surface area contributed by atoms with Crippen molar-refractivity contribution in [1.29, 1.82) is 0 Å². The third-order valence-electron chi connectivity index (χ3n) is 4.24. The topological polar surface area (TPSA) is 58.1 Å². The highest BCUT2D eigenvalue weighted by atomic mass is 19.4. The van der Waals surface area contributed by atoms with Gasteiger partial charge in [-0.2, -0.15) is 13.2 Å². The first-order chi connectivity index (χ1) is 12.3. The Bertz CT molecular complexity index is 774. The zero-order valence-corrected chi connectivity index (χ0v) is 13.6. The predicted octanol–water partition coefficient (Wildman–Crippen LogP) is 3.49. The van der Waals surface area contributed by atoms with Gasteiger partial charge in [-0.15, -0.1) is 0 Å². The molecular weight excluding hydrogens is 352 g/mol. The van der Waals surface area contributed by atoms with Gasteiger partial charge in [-0.05, 0) is 37.1 Å². The molecule has 138 valence electrons. The molecule has 0 atom stereocenters. The summed E-state index contributed by atoms with van der Waals surface area (Å²) in [7, 11) is 0. The summed E-state index contributed by atoms with van der Waals surface area (Å²) >= 11 is 0. The minimum absolute atomic E-state index is 0.0717. The third-order valence-corrected chi connectivity index (χ3v) is 4.24. The van der Waals surface area contributed by atoms with Crippen LogP contribution in [0.25, 0.3) is 0 Å². The summed E-state index contributed by atoms with van der Waals surface area (Å²) in [5, 5.41) is 2.45. The predicted molar refractivity (Wildman–Crippen MR) is 87.0 cm³/mol. The fourth-order valence-electron chi connectivity index (χ4n) is 2.86. The van der Waals surface area contributed by atoms with Gasteiger partial charge in [0, 0.05) is 37.1 Å². The number of hydrogen-bond acceptors (Lipinski definition) is 4. The van der Waals surface area contributed by atoms with E-state index >= 15 is 0 Å². The number of anilines is 2. The van der Waals surface area contributed by atoms with Gasteiger partial charge in [0.25, 0.3) is 0 Å². The summed E-state index contributed by atoms with van der Waals surface area (Å²) in [5.74, 6) is -1.50. The third kappa shape index (κ3) is 4.09. The number of alkyl halides is 3. The molecule has 1 aliphatic heterocycles. The van der Waals surface area contributed by atoms with E-state index < -0.39 is 17.6 Å². The Balaban J connectivity index is 1.61. The number of carbonyl (C=O) groups excluding carboxylic acids is 1. The molecule has 0 saturated carbocycles. The molecule has 2 heterocycles. The Morgan fingerprint density at radius 1 is 1.15 bits per heavy atom. The largest absolute Gasteiger partial charge is 0.419 e. The molecule has 1 aromatic carbocycles. The first kappa shape index (κ1) is 18.1. The van der Waals surface area contributed by atoms with Crippen molar-refractivity contribution >= 4 is 17.5 Å². The van der Waals surface area contributed by atoms with Gasteiger partial charge in [0.2, 0.25) is 11.9 Å². The molecule has 1 saturated heterocycles. The molecule has 26 heavy (non-hydrogen) atoms. The zero-order chi connectivity index (χ0) is 18.7. The van der Waals surface area contributed by atoms with Crippen LogP contribution in [0.15, 0.2) is 36.7 Å². The van der Waals surface area contributed by atoms with Crippen molar-refractivity contribution < 1.29 is 22.4 Å². The smallest absolute Gasteiger partial charge is 0.341 e. The van der Waals surface area contributed by atoms with Crippen LogP contribution >= 0.6 is 0 Å². The summed E-state index contributed by atoms with van der Waals surface area (Å²) in [5.41, 5.74) is -1.47. The van der Waals surface area contributed by atoms with Gasteiger partial charge in [-0.25, -0.2) is 14.4 Å². The normalized spacial score (nSPS) is 15.8. The average molecular weight is 368 g/mol. The first-order valence-electron chi connectivity index (χ1n) is 8.04. The standard InChI is InChI=1S/C17H16F4N4O/c18-14-3-2-12(10-13(14)17(19,20)21)24-15(26)11-4-8-25(9-5-11)16-22-6-1-7-23-16/h1-3,6-7,10-11H,4-5,8-9H2,(H,24,26). The number of rotatable bonds is 3. The summed E-state index contributed by atoms with van der Waals surface area (Å²) in [6.07, 6.45) is -0.498. The summed E-state index contributed by atoms with van der Waals surface area (Å²) in [6, 6.07) is 4.14. The van der Waals surface area contributed by atoms with Gasteiger partial charge in [0.05, 0.1) is 5.56 Å². The number of nitrogens with one attached hydrogen (secondary N) is 1. The summed E-state index contributed by atoms with van der Waals surface area (Å²) in [4.78, 5) is 22.6. The molecule has 0 unspecified atom stereocenters. The second kappa shape index (κ2) is 7.27. The highest BCUT2D eigenvalue weighted by Gasteiger charge is 2.34. The van der Waals surface area contributed by atoms with Crippen LogP contribution in [0.1, 0.15) is 18.4 Å². The molecule has 0 spiro atoms. The fraction of sp³-hybridized carbons (Fsp3) is 0.353. The van der Waals surface area contributed by atoms with E-state index in [-0.39, 0.29) is 17.5 Å². The quantitative estimate of drug-likeness (QED) is 0.843. The molecule has 0 radical (unpaired) electrons. The van der Waals surface area contributed by atoms with Crippen LogP contribution in [0.5, 0.6) is 0 Å². The molecule has 5 nitrogen and oxygen atoms in total. The maximum absolute atomic E-state index is 13.3. The molecular formula is C17H16F4N4O. The Labute approximate surface area is 147 Å². The Morgan fingerprint density at radius 2 is 1.81 bits per heavy atom. The lowest BCUT2D eigenvalue weighted by Gasteiger charge is -2.31. The van der Waals surface area contributed by atoms with Crippen molar-refractivity contribution in [3.05, 3.63) is 48.0 Å². The molecule has 1 fully saturated rings. The minimum atomic E-state index is -4.81. The Morgan fingerprint density at radius 3 is 2.42 bits per heavy atom. The maximum atomic E-state index is 13.3. The van der Waals surface area contributed by atoms with Crippen LogP contribution < -0.4 is 10.2 Å². The van der Waals surface area contributed by atoms with E-state index in [2.05, 4.69) is 15.3 Å².